The molecule has 146 valence electrons. The van der Waals surface area contributed by atoms with Crippen LogP contribution in [0.15, 0.2) is 47.9 Å². The summed E-state index contributed by atoms with van der Waals surface area (Å²) in [5.74, 6) is 1.17. The van der Waals surface area contributed by atoms with Crippen LogP contribution in [0.4, 0.5) is 0 Å². The minimum atomic E-state index is -0.476. The van der Waals surface area contributed by atoms with Gasteiger partial charge in [-0.2, -0.15) is 0 Å². The Morgan fingerprint density at radius 1 is 1.25 bits per heavy atom. The first-order valence-electron chi connectivity index (χ1n) is 9.90. The van der Waals surface area contributed by atoms with Crippen molar-refractivity contribution in [3.8, 4) is 0 Å². The first-order chi connectivity index (χ1) is 13.7. The lowest BCUT2D eigenvalue weighted by Gasteiger charge is -2.32. The van der Waals surface area contributed by atoms with E-state index < -0.39 is 5.72 Å². The number of likely N-dealkylation sites (tertiary alicyclic amines) is 1. The molecular formula is C21H24N4O2S. The number of carbonyl (C=O) groups excluding carboxylic acids is 1. The summed E-state index contributed by atoms with van der Waals surface area (Å²) in [5.41, 5.74) is 1.76. The zero-order chi connectivity index (χ0) is 19.1. The Balaban J connectivity index is 1.34. The van der Waals surface area contributed by atoms with Crippen LogP contribution < -0.4 is 0 Å². The van der Waals surface area contributed by atoms with Crippen molar-refractivity contribution in [1.29, 1.82) is 0 Å². The van der Waals surface area contributed by atoms with Gasteiger partial charge in [-0.15, -0.1) is 0 Å². The predicted molar refractivity (Wildman–Crippen MR) is 107 cm³/mol. The van der Waals surface area contributed by atoms with Crippen molar-refractivity contribution in [3.63, 3.8) is 0 Å². The molecule has 0 aliphatic carbocycles. The molecule has 3 saturated heterocycles. The molecule has 3 atom stereocenters. The number of nitrogens with zero attached hydrogens (tertiary/aromatic N) is 4. The van der Waals surface area contributed by atoms with Crippen LogP contribution in [0.25, 0.3) is 0 Å². The monoisotopic (exact) mass is 396 g/mol. The van der Waals surface area contributed by atoms with Crippen LogP contribution in [0.5, 0.6) is 0 Å². The Morgan fingerprint density at radius 2 is 2.04 bits per heavy atom. The van der Waals surface area contributed by atoms with Gasteiger partial charge in [-0.3, -0.25) is 9.69 Å². The summed E-state index contributed by atoms with van der Waals surface area (Å²) in [7, 11) is 0. The molecule has 1 amide bonds. The Labute approximate surface area is 169 Å². The summed E-state index contributed by atoms with van der Waals surface area (Å²) in [6, 6.07) is 10.3. The summed E-state index contributed by atoms with van der Waals surface area (Å²) in [4.78, 5) is 26.0. The van der Waals surface area contributed by atoms with Gasteiger partial charge in [0.15, 0.2) is 10.9 Å². The molecule has 3 aliphatic rings. The van der Waals surface area contributed by atoms with Crippen molar-refractivity contribution < 1.29 is 9.53 Å². The number of ether oxygens (including phenoxy) is 1. The van der Waals surface area contributed by atoms with Crippen LogP contribution in [-0.4, -0.2) is 56.3 Å². The third-order valence-electron chi connectivity index (χ3n) is 6.05. The highest BCUT2D eigenvalue weighted by Gasteiger charge is 2.63. The summed E-state index contributed by atoms with van der Waals surface area (Å²) in [5, 5.41) is 0.816. The normalized spacial score (nSPS) is 29.3. The quantitative estimate of drug-likeness (QED) is 0.572. The minimum absolute atomic E-state index is 0.0402. The van der Waals surface area contributed by atoms with E-state index in [-0.39, 0.29) is 18.1 Å². The van der Waals surface area contributed by atoms with Crippen molar-refractivity contribution in [2.75, 3.05) is 18.8 Å². The van der Waals surface area contributed by atoms with E-state index >= 15 is 0 Å². The lowest BCUT2D eigenvalue weighted by molar-refractivity contribution is -0.138. The van der Waals surface area contributed by atoms with Gasteiger partial charge < -0.3 is 9.64 Å². The van der Waals surface area contributed by atoms with E-state index in [0.29, 0.717) is 13.0 Å². The van der Waals surface area contributed by atoms with E-state index in [4.69, 9.17) is 4.74 Å². The number of rotatable bonds is 5. The molecule has 1 aromatic heterocycles. The number of aromatic nitrogens is 2. The van der Waals surface area contributed by atoms with Crippen molar-refractivity contribution in [3.05, 3.63) is 53.9 Å². The molecule has 5 rings (SSSR count). The fourth-order valence-electron chi connectivity index (χ4n) is 4.80. The summed E-state index contributed by atoms with van der Waals surface area (Å²) in [6.45, 7) is 4.42. The Morgan fingerprint density at radius 3 is 2.79 bits per heavy atom. The predicted octanol–water partition coefficient (Wildman–Crippen LogP) is 2.86. The smallest absolute Gasteiger partial charge is 0.226 e. The molecule has 1 aromatic carbocycles. The average molecular weight is 397 g/mol. The van der Waals surface area contributed by atoms with Gasteiger partial charge >= 0.3 is 0 Å². The van der Waals surface area contributed by atoms with Gasteiger partial charge in [0.2, 0.25) is 5.91 Å². The maximum absolute atomic E-state index is 12.7. The fourth-order valence-corrected chi connectivity index (χ4v) is 5.31. The molecule has 0 bridgehead atoms. The summed E-state index contributed by atoms with van der Waals surface area (Å²) in [6.07, 6.45) is 5.17. The summed E-state index contributed by atoms with van der Waals surface area (Å²) < 4.78 is 6.60. The van der Waals surface area contributed by atoms with Gasteiger partial charge in [0.05, 0.1) is 12.6 Å². The second-order valence-corrected chi connectivity index (χ2v) is 8.84. The van der Waals surface area contributed by atoms with Gasteiger partial charge in [0, 0.05) is 43.9 Å². The average Bonchev–Trinajstić information content (AvgIpc) is 3.34. The number of carbonyl (C=O) groups is 1. The molecule has 0 saturated carbocycles. The molecule has 7 heteroatoms. The maximum Gasteiger partial charge on any atom is 0.226 e. The lowest BCUT2D eigenvalue weighted by Crippen LogP contribution is -2.47. The maximum atomic E-state index is 12.7. The standard InChI is InChI=1S/C21H24N4O2S/c1-2-28-20-22-11-15(12-23-20)13-24-9-8-21-18(24)10-19(26)25(21)14-17(27-21)16-6-4-3-5-7-16/h3-7,11-12,17-18H,2,8-10,13-14H2,1H3/t17-,18-,21+/m1/s1. The van der Waals surface area contributed by atoms with Crippen molar-refractivity contribution in [1.82, 2.24) is 19.8 Å². The Bertz CT molecular complexity index is 862. The second kappa shape index (κ2) is 7.13. The Hall–Kier alpha value is -1.96. The molecule has 4 heterocycles. The fraction of sp³-hybridized carbons (Fsp3) is 0.476. The van der Waals surface area contributed by atoms with Gasteiger partial charge in [-0.25, -0.2) is 9.97 Å². The third-order valence-corrected chi connectivity index (χ3v) is 6.81. The van der Waals surface area contributed by atoms with Gasteiger partial charge in [0.25, 0.3) is 0 Å². The molecule has 6 nitrogen and oxygen atoms in total. The molecule has 1 spiro atoms. The highest BCUT2D eigenvalue weighted by Crippen LogP contribution is 2.50. The molecule has 3 aliphatic heterocycles. The Kier molecular flexibility index (Phi) is 4.61. The zero-order valence-corrected chi connectivity index (χ0v) is 16.8. The van der Waals surface area contributed by atoms with Crippen molar-refractivity contribution in [2.45, 2.75) is 49.3 Å². The molecule has 0 unspecified atom stereocenters. The zero-order valence-electron chi connectivity index (χ0n) is 16.0. The van der Waals surface area contributed by atoms with Crippen LogP contribution in [0.1, 0.15) is 37.0 Å². The third kappa shape index (κ3) is 2.93. The van der Waals surface area contributed by atoms with Gasteiger partial charge in [-0.05, 0) is 11.3 Å². The number of amides is 1. The lowest BCUT2D eigenvalue weighted by atomic mass is 10.1. The van der Waals surface area contributed by atoms with E-state index in [9.17, 15) is 4.79 Å². The number of benzene rings is 1. The van der Waals surface area contributed by atoms with E-state index in [2.05, 4.69) is 33.9 Å². The molecule has 0 N–H and O–H groups in total. The molecule has 0 radical (unpaired) electrons. The van der Waals surface area contributed by atoms with E-state index in [1.165, 1.54) is 0 Å². The second-order valence-electron chi connectivity index (χ2n) is 7.61. The van der Waals surface area contributed by atoms with Gasteiger partial charge in [-0.1, -0.05) is 49.0 Å². The van der Waals surface area contributed by atoms with Crippen LogP contribution in [0.2, 0.25) is 0 Å². The SMILES string of the molecule is CCSc1ncc(CN2CC[C@@]34O[C@@H](c5ccccc5)CN3C(=O)C[C@@H]24)cn1. The molecular weight excluding hydrogens is 372 g/mol. The summed E-state index contributed by atoms with van der Waals surface area (Å²) >= 11 is 1.64. The van der Waals surface area contributed by atoms with E-state index in [1.807, 2.05) is 35.5 Å². The van der Waals surface area contributed by atoms with Crippen molar-refractivity contribution >= 4 is 17.7 Å². The minimum Gasteiger partial charge on any atom is -0.344 e. The number of hydrogen-bond acceptors (Lipinski definition) is 6. The molecule has 28 heavy (non-hydrogen) atoms. The largest absolute Gasteiger partial charge is 0.344 e. The highest BCUT2D eigenvalue weighted by molar-refractivity contribution is 7.99. The molecule has 2 aromatic rings. The van der Waals surface area contributed by atoms with Crippen LogP contribution in [0.3, 0.4) is 0 Å². The first-order valence-corrected chi connectivity index (χ1v) is 10.9. The number of hydrogen-bond donors (Lipinski definition) is 0. The van der Waals surface area contributed by atoms with Crippen LogP contribution >= 0.6 is 11.8 Å². The molecule has 3 fully saturated rings. The number of thioether (sulfide) groups is 1. The topological polar surface area (TPSA) is 58.6 Å². The van der Waals surface area contributed by atoms with Crippen molar-refractivity contribution in [2.24, 2.45) is 0 Å². The highest BCUT2D eigenvalue weighted by atomic mass is 32.2. The van der Waals surface area contributed by atoms with Crippen LogP contribution in [0, 0.1) is 0 Å². The van der Waals surface area contributed by atoms with Gasteiger partial charge in [0.1, 0.15) is 6.10 Å². The van der Waals surface area contributed by atoms with Crippen LogP contribution in [-0.2, 0) is 16.1 Å². The van der Waals surface area contributed by atoms with E-state index in [1.54, 1.807) is 11.8 Å². The van der Waals surface area contributed by atoms with E-state index in [0.717, 1.165) is 41.5 Å². The first kappa shape index (κ1) is 18.1.